The van der Waals surface area contributed by atoms with Gasteiger partial charge in [-0.25, -0.2) is 15.0 Å². The van der Waals surface area contributed by atoms with Gasteiger partial charge in [-0.2, -0.15) is 0 Å². The van der Waals surface area contributed by atoms with Crippen molar-refractivity contribution in [3.8, 4) is 5.75 Å². The minimum atomic E-state index is 0.406. The Morgan fingerprint density at radius 3 is 2.67 bits per heavy atom. The van der Waals surface area contributed by atoms with Gasteiger partial charge in [0.2, 0.25) is 0 Å². The first-order valence-corrected chi connectivity index (χ1v) is 4.84. The van der Waals surface area contributed by atoms with Crippen LogP contribution in [0.2, 0.25) is 5.15 Å². The summed E-state index contributed by atoms with van der Waals surface area (Å²) in [6, 6.07) is 0. The fourth-order valence-electron chi connectivity index (χ4n) is 1.47. The maximum absolute atomic E-state index is 6.00. The highest BCUT2D eigenvalue weighted by atomic mass is 35.5. The zero-order valence-electron chi connectivity index (χ0n) is 8.71. The molecule has 0 saturated heterocycles. The van der Waals surface area contributed by atoms with Gasteiger partial charge < -0.3 is 4.74 Å². The molecule has 15 heavy (non-hydrogen) atoms. The number of hydrogen-bond acceptors (Lipinski definition) is 4. The lowest BCUT2D eigenvalue weighted by Crippen LogP contribution is -1.97. The molecule has 78 valence electrons. The van der Waals surface area contributed by atoms with E-state index in [1.807, 2.05) is 13.8 Å². The second-order valence-corrected chi connectivity index (χ2v) is 3.56. The number of hydrogen-bond donors (Lipinski definition) is 0. The van der Waals surface area contributed by atoms with E-state index in [2.05, 4.69) is 15.0 Å². The van der Waals surface area contributed by atoms with Gasteiger partial charge >= 0.3 is 0 Å². The second kappa shape index (κ2) is 3.62. The highest BCUT2D eigenvalue weighted by molar-refractivity contribution is 6.34. The summed E-state index contributed by atoms with van der Waals surface area (Å²) in [6.07, 6.45) is 1.66. The Labute approximate surface area is 92.3 Å². The second-order valence-electron chi connectivity index (χ2n) is 3.20. The van der Waals surface area contributed by atoms with Crippen LogP contribution in [0.5, 0.6) is 5.75 Å². The van der Waals surface area contributed by atoms with Gasteiger partial charge in [0.05, 0.1) is 18.2 Å². The number of ether oxygens (including phenoxy) is 1. The van der Waals surface area contributed by atoms with Crippen LogP contribution >= 0.6 is 11.6 Å². The van der Waals surface area contributed by atoms with Crippen molar-refractivity contribution in [2.45, 2.75) is 13.8 Å². The van der Waals surface area contributed by atoms with Crippen LogP contribution in [0.1, 0.15) is 11.5 Å². The Morgan fingerprint density at radius 1 is 1.27 bits per heavy atom. The van der Waals surface area contributed by atoms with Crippen LogP contribution in [0.4, 0.5) is 0 Å². The third-order valence-corrected chi connectivity index (χ3v) is 2.43. The summed E-state index contributed by atoms with van der Waals surface area (Å²) in [5.41, 5.74) is 1.44. The molecule has 0 aliphatic heterocycles. The van der Waals surface area contributed by atoms with Crippen LogP contribution in [0, 0.1) is 13.8 Å². The van der Waals surface area contributed by atoms with E-state index < -0.39 is 0 Å². The number of nitrogens with zero attached hydrogens (tertiary/aromatic N) is 3. The van der Waals surface area contributed by atoms with E-state index in [0.29, 0.717) is 27.6 Å². The molecule has 0 amide bonds. The molecule has 2 aromatic heterocycles. The highest BCUT2D eigenvalue weighted by Gasteiger charge is 2.12. The van der Waals surface area contributed by atoms with Crippen LogP contribution < -0.4 is 4.74 Å². The van der Waals surface area contributed by atoms with Gasteiger partial charge in [-0.1, -0.05) is 11.6 Å². The standard InChI is InChI=1S/C10H10ClN3O/c1-5-9(15-3)8-7(10(11)13-5)4-12-6(2)14-8/h4H,1-3H3. The van der Waals surface area contributed by atoms with E-state index in [0.717, 1.165) is 5.69 Å². The van der Waals surface area contributed by atoms with E-state index >= 15 is 0 Å². The molecule has 0 atom stereocenters. The van der Waals surface area contributed by atoms with E-state index in [4.69, 9.17) is 16.3 Å². The van der Waals surface area contributed by atoms with Crippen molar-refractivity contribution < 1.29 is 4.74 Å². The molecule has 0 spiro atoms. The third-order valence-electron chi connectivity index (χ3n) is 2.15. The molecular weight excluding hydrogens is 214 g/mol. The highest BCUT2D eigenvalue weighted by Crippen LogP contribution is 2.30. The lowest BCUT2D eigenvalue weighted by Gasteiger charge is -2.08. The number of halogens is 1. The van der Waals surface area contributed by atoms with Gasteiger partial charge in [0.25, 0.3) is 0 Å². The number of aryl methyl sites for hydroxylation is 2. The van der Waals surface area contributed by atoms with Crippen molar-refractivity contribution in [3.05, 3.63) is 22.9 Å². The summed E-state index contributed by atoms with van der Waals surface area (Å²) in [7, 11) is 1.59. The zero-order chi connectivity index (χ0) is 11.0. The predicted molar refractivity (Wildman–Crippen MR) is 58.4 cm³/mol. The van der Waals surface area contributed by atoms with Crippen molar-refractivity contribution in [2.24, 2.45) is 0 Å². The Balaban J connectivity index is 2.91. The summed E-state index contributed by atoms with van der Waals surface area (Å²) in [5.74, 6) is 1.34. The topological polar surface area (TPSA) is 47.9 Å². The summed E-state index contributed by atoms with van der Waals surface area (Å²) in [6.45, 7) is 3.66. The molecule has 0 aliphatic rings. The summed E-state index contributed by atoms with van der Waals surface area (Å²) >= 11 is 6.00. The van der Waals surface area contributed by atoms with E-state index in [9.17, 15) is 0 Å². The largest absolute Gasteiger partial charge is 0.493 e. The van der Waals surface area contributed by atoms with E-state index in [1.54, 1.807) is 13.3 Å². The van der Waals surface area contributed by atoms with Crippen molar-refractivity contribution in [3.63, 3.8) is 0 Å². The summed E-state index contributed by atoms with van der Waals surface area (Å²) in [5, 5.41) is 1.12. The lowest BCUT2D eigenvalue weighted by molar-refractivity contribution is 0.413. The number of aromatic nitrogens is 3. The average molecular weight is 224 g/mol. The lowest BCUT2D eigenvalue weighted by atomic mass is 10.2. The van der Waals surface area contributed by atoms with Crippen LogP contribution in [-0.4, -0.2) is 22.1 Å². The molecular formula is C10H10ClN3O. The molecule has 0 saturated carbocycles. The molecule has 2 rings (SSSR count). The Morgan fingerprint density at radius 2 is 2.00 bits per heavy atom. The summed E-state index contributed by atoms with van der Waals surface area (Å²) in [4.78, 5) is 12.6. The van der Waals surface area contributed by atoms with Crippen molar-refractivity contribution >= 4 is 22.5 Å². The minimum absolute atomic E-state index is 0.406. The first-order valence-electron chi connectivity index (χ1n) is 4.47. The molecule has 0 aromatic carbocycles. The van der Waals surface area contributed by atoms with Crippen molar-refractivity contribution in [2.75, 3.05) is 7.11 Å². The molecule has 0 unspecified atom stereocenters. The smallest absolute Gasteiger partial charge is 0.166 e. The zero-order valence-corrected chi connectivity index (χ0v) is 9.46. The van der Waals surface area contributed by atoms with Crippen LogP contribution in [-0.2, 0) is 0 Å². The van der Waals surface area contributed by atoms with Gasteiger partial charge in [0, 0.05) is 6.20 Å². The Hall–Kier alpha value is -1.42. The quantitative estimate of drug-likeness (QED) is 0.696. The Kier molecular flexibility index (Phi) is 2.44. The van der Waals surface area contributed by atoms with E-state index in [-0.39, 0.29) is 0 Å². The maximum atomic E-state index is 6.00. The van der Waals surface area contributed by atoms with Gasteiger partial charge in [-0.15, -0.1) is 0 Å². The normalized spacial score (nSPS) is 10.7. The number of pyridine rings is 1. The van der Waals surface area contributed by atoms with Crippen LogP contribution in [0.3, 0.4) is 0 Å². The van der Waals surface area contributed by atoms with Gasteiger partial charge in [-0.3, -0.25) is 0 Å². The monoisotopic (exact) mass is 223 g/mol. The maximum Gasteiger partial charge on any atom is 0.166 e. The van der Waals surface area contributed by atoms with Gasteiger partial charge in [0.1, 0.15) is 16.5 Å². The minimum Gasteiger partial charge on any atom is -0.493 e. The van der Waals surface area contributed by atoms with Gasteiger partial charge in [0.15, 0.2) is 5.75 Å². The SMILES string of the molecule is COc1c(C)nc(Cl)c2cnc(C)nc12. The molecule has 0 fully saturated rings. The van der Waals surface area contributed by atoms with Crippen molar-refractivity contribution in [1.29, 1.82) is 0 Å². The third kappa shape index (κ3) is 1.61. The molecule has 4 nitrogen and oxygen atoms in total. The molecule has 0 aliphatic carbocycles. The molecule has 5 heteroatoms. The molecule has 2 aromatic rings. The first-order chi connectivity index (χ1) is 7.13. The van der Waals surface area contributed by atoms with E-state index in [1.165, 1.54) is 0 Å². The van der Waals surface area contributed by atoms with Crippen molar-refractivity contribution in [1.82, 2.24) is 15.0 Å². The van der Waals surface area contributed by atoms with Crippen LogP contribution in [0.15, 0.2) is 6.20 Å². The molecule has 2 heterocycles. The molecule has 0 N–H and O–H groups in total. The predicted octanol–water partition coefficient (Wildman–Crippen LogP) is 2.30. The fourth-order valence-corrected chi connectivity index (χ4v) is 1.73. The number of methoxy groups -OCH3 is 1. The van der Waals surface area contributed by atoms with Crippen LogP contribution in [0.25, 0.3) is 10.9 Å². The number of fused-ring (bicyclic) bond motifs is 1. The summed E-state index contributed by atoms with van der Waals surface area (Å²) < 4.78 is 5.26. The molecule has 0 bridgehead atoms. The first kappa shape index (κ1) is 10.1. The fraction of sp³-hybridized carbons (Fsp3) is 0.300. The average Bonchev–Trinajstić information content (AvgIpc) is 2.17. The number of rotatable bonds is 1. The molecule has 0 radical (unpaired) electrons. The van der Waals surface area contributed by atoms with Gasteiger partial charge in [-0.05, 0) is 13.8 Å². The Bertz CT molecular complexity index is 528.